The highest BCUT2D eigenvalue weighted by atomic mass is 16.5. The van der Waals surface area contributed by atoms with Crippen LogP contribution in [-0.4, -0.2) is 27.8 Å². The summed E-state index contributed by atoms with van der Waals surface area (Å²) in [6.45, 7) is 2.56. The number of nitrogens with zero attached hydrogens (tertiary/aromatic N) is 2. The number of nitrogens with one attached hydrogen (secondary N) is 1. The fourth-order valence-corrected chi connectivity index (χ4v) is 2.34. The zero-order valence-corrected chi connectivity index (χ0v) is 11.4. The van der Waals surface area contributed by atoms with Gasteiger partial charge >= 0.3 is 5.97 Å². The number of aryl methyl sites for hydroxylation is 1. The molecular weight excluding hydrogens is 254 g/mol. The maximum atomic E-state index is 11.7. The molecule has 102 valence electrons. The van der Waals surface area contributed by atoms with E-state index in [0.29, 0.717) is 12.2 Å². The van der Waals surface area contributed by atoms with Gasteiger partial charge in [0.25, 0.3) is 0 Å². The number of benzene rings is 1. The Hall–Kier alpha value is -2.56. The standard InChI is InChI=1S/C15H15N3O2/c1-3-18-14(15(19)20-2)8-13(17-18)11-9-16-12-7-5-4-6-10(11)12/h4-9,16H,3H2,1-2H3. The second-order valence-electron chi connectivity index (χ2n) is 4.47. The van der Waals surface area contributed by atoms with Crippen LogP contribution in [0.4, 0.5) is 0 Å². The smallest absolute Gasteiger partial charge is 0.356 e. The normalized spacial score (nSPS) is 10.9. The van der Waals surface area contributed by atoms with Gasteiger partial charge in [0.1, 0.15) is 5.69 Å². The summed E-state index contributed by atoms with van der Waals surface area (Å²) in [6.07, 6.45) is 1.91. The van der Waals surface area contributed by atoms with Crippen LogP contribution in [0.2, 0.25) is 0 Å². The fourth-order valence-electron chi connectivity index (χ4n) is 2.34. The number of rotatable bonds is 3. The Morgan fingerprint density at radius 1 is 1.40 bits per heavy atom. The predicted molar refractivity (Wildman–Crippen MR) is 76.5 cm³/mol. The first-order valence-electron chi connectivity index (χ1n) is 6.47. The first-order valence-corrected chi connectivity index (χ1v) is 6.47. The Bertz CT molecular complexity index is 770. The van der Waals surface area contributed by atoms with E-state index >= 15 is 0 Å². The van der Waals surface area contributed by atoms with Gasteiger partial charge < -0.3 is 9.72 Å². The van der Waals surface area contributed by atoms with Gasteiger partial charge in [-0.1, -0.05) is 18.2 Å². The molecule has 5 nitrogen and oxygen atoms in total. The molecule has 0 radical (unpaired) electrons. The Morgan fingerprint density at radius 2 is 2.20 bits per heavy atom. The first kappa shape index (κ1) is 12.5. The molecule has 0 fully saturated rings. The highest BCUT2D eigenvalue weighted by molar-refractivity contribution is 5.96. The molecule has 0 saturated carbocycles. The highest BCUT2D eigenvalue weighted by Crippen LogP contribution is 2.28. The lowest BCUT2D eigenvalue weighted by molar-refractivity contribution is 0.0587. The second-order valence-corrected chi connectivity index (χ2v) is 4.47. The van der Waals surface area contributed by atoms with E-state index in [4.69, 9.17) is 4.74 Å². The Kier molecular flexibility index (Phi) is 3.02. The topological polar surface area (TPSA) is 59.9 Å². The molecule has 0 aliphatic carbocycles. The van der Waals surface area contributed by atoms with Crippen molar-refractivity contribution in [3.63, 3.8) is 0 Å². The van der Waals surface area contributed by atoms with E-state index in [1.807, 2.05) is 37.4 Å². The number of H-pyrrole nitrogens is 1. The molecule has 0 atom stereocenters. The van der Waals surface area contributed by atoms with Crippen LogP contribution in [0.1, 0.15) is 17.4 Å². The van der Waals surface area contributed by atoms with Crippen molar-refractivity contribution in [2.75, 3.05) is 7.11 Å². The van der Waals surface area contributed by atoms with Crippen molar-refractivity contribution < 1.29 is 9.53 Å². The number of hydrogen-bond acceptors (Lipinski definition) is 3. The number of hydrogen-bond donors (Lipinski definition) is 1. The number of carbonyl (C=O) groups is 1. The monoisotopic (exact) mass is 269 g/mol. The second kappa shape index (κ2) is 4.85. The molecule has 0 spiro atoms. The molecule has 2 aromatic heterocycles. The van der Waals surface area contributed by atoms with E-state index in [1.165, 1.54) is 7.11 Å². The van der Waals surface area contributed by atoms with Crippen LogP contribution in [0.25, 0.3) is 22.2 Å². The molecule has 1 aromatic carbocycles. The Morgan fingerprint density at radius 3 is 2.95 bits per heavy atom. The van der Waals surface area contributed by atoms with Crippen LogP contribution < -0.4 is 0 Å². The minimum absolute atomic E-state index is 0.370. The first-order chi connectivity index (χ1) is 9.74. The Balaban J connectivity index is 2.15. The van der Waals surface area contributed by atoms with Gasteiger partial charge in [-0.05, 0) is 19.1 Å². The molecule has 0 unspecified atom stereocenters. The minimum Gasteiger partial charge on any atom is -0.464 e. The quantitative estimate of drug-likeness (QED) is 0.744. The van der Waals surface area contributed by atoms with Gasteiger partial charge in [-0.2, -0.15) is 5.10 Å². The number of methoxy groups -OCH3 is 1. The third kappa shape index (κ3) is 1.87. The minimum atomic E-state index is -0.370. The van der Waals surface area contributed by atoms with Gasteiger partial charge in [0.05, 0.1) is 12.8 Å². The van der Waals surface area contributed by atoms with E-state index < -0.39 is 0 Å². The molecule has 1 N–H and O–H groups in total. The summed E-state index contributed by atoms with van der Waals surface area (Å²) in [5.74, 6) is -0.370. The fraction of sp³-hybridized carbons (Fsp3) is 0.200. The molecule has 0 aliphatic rings. The summed E-state index contributed by atoms with van der Waals surface area (Å²) in [4.78, 5) is 15.0. The lowest BCUT2D eigenvalue weighted by Crippen LogP contribution is -2.10. The molecule has 0 bridgehead atoms. The van der Waals surface area contributed by atoms with Crippen LogP contribution in [0.5, 0.6) is 0 Å². The van der Waals surface area contributed by atoms with Crippen LogP contribution in [0, 0.1) is 0 Å². The lowest BCUT2D eigenvalue weighted by atomic mass is 10.1. The van der Waals surface area contributed by atoms with Crippen molar-refractivity contribution in [3.05, 3.63) is 42.2 Å². The van der Waals surface area contributed by atoms with Gasteiger partial charge in [0, 0.05) is 29.2 Å². The summed E-state index contributed by atoms with van der Waals surface area (Å²) in [7, 11) is 1.38. The molecule has 0 aliphatic heterocycles. The number of aromatic amines is 1. The number of para-hydroxylation sites is 1. The van der Waals surface area contributed by atoms with Gasteiger partial charge in [-0.15, -0.1) is 0 Å². The molecule has 0 amide bonds. The van der Waals surface area contributed by atoms with E-state index in [2.05, 4.69) is 10.1 Å². The largest absolute Gasteiger partial charge is 0.464 e. The van der Waals surface area contributed by atoms with Crippen molar-refractivity contribution in [1.29, 1.82) is 0 Å². The van der Waals surface area contributed by atoms with Crippen LogP contribution in [-0.2, 0) is 11.3 Å². The molecule has 5 heteroatoms. The number of carbonyl (C=O) groups excluding carboxylic acids is 1. The van der Waals surface area contributed by atoms with Crippen molar-refractivity contribution in [3.8, 4) is 11.3 Å². The summed E-state index contributed by atoms with van der Waals surface area (Å²) < 4.78 is 6.45. The van der Waals surface area contributed by atoms with E-state index in [1.54, 1.807) is 10.7 Å². The SMILES string of the molecule is CCn1nc(-c2c[nH]c3ccccc23)cc1C(=O)OC. The maximum absolute atomic E-state index is 11.7. The zero-order valence-electron chi connectivity index (χ0n) is 11.4. The lowest BCUT2D eigenvalue weighted by Gasteiger charge is -2.00. The van der Waals surface area contributed by atoms with Gasteiger partial charge in [0.2, 0.25) is 0 Å². The van der Waals surface area contributed by atoms with Crippen LogP contribution in [0.3, 0.4) is 0 Å². The number of ether oxygens (including phenoxy) is 1. The average molecular weight is 269 g/mol. The summed E-state index contributed by atoms with van der Waals surface area (Å²) in [5, 5.41) is 5.57. The summed E-state index contributed by atoms with van der Waals surface area (Å²) >= 11 is 0. The third-order valence-corrected chi connectivity index (χ3v) is 3.34. The van der Waals surface area contributed by atoms with Gasteiger partial charge in [0.15, 0.2) is 0 Å². The maximum Gasteiger partial charge on any atom is 0.356 e. The highest BCUT2D eigenvalue weighted by Gasteiger charge is 2.17. The Labute approximate surface area is 116 Å². The van der Waals surface area contributed by atoms with Crippen molar-refractivity contribution >= 4 is 16.9 Å². The average Bonchev–Trinajstić information content (AvgIpc) is 3.09. The van der Waals surface area contributed by atoms with E-state index in [0.717, 1.165) is 22.2 Å². The summed E-state index contributed by atoms with van der Waals surface area (Å²) in [5.41, 5.74) is 3.27. The van der Waals surface area contributed by atoms with Crippen molar-refractivity contribution in [2.45, 2.75) is 13.5 Å². The van der Waals surface area contributed by atoms with Crippen LogP contribution >= 0.6 is 0 Å². The van der Waals surface area contributed by atoms with E-state index in [9.17, 15) is 4.79 Å². The number of esters is 1. The molecule has 2 heterocycles. The molecule has 20 heavy (non-hydrogen) atoms. The van der Waals surface area contributed by atoms with Crippen LogP contribution in [0.15, 0.2) is 36.5 Å². The van der Waals surface area contributed by atoms with E-state index in [-0.39, 0.29) is 5.97 Å². The van der Waals surface area contributed by atoms with Gasteiger partial charge in [-0.3, -0.25) is 4.68 Å². The zero-order chi connectivity index (χ0) is 14.1. The molecule has 3 rings (SSSR count). The number of fused-ring (bicyclic) bond motifs is 1. The molecule has 3 aromatic rings. The third-order valence-electron chi connectivity index (χ3n) is 3.34. The predicted octanol–water partition coefficient (Wildman–Crippen LogP) is 2.84. The number of aromatic nitrogens is 3. The molecular formula is C15H15N3O2. The van der Waals surface area contributed by atoms with Crippen molar-refractivity contribution in [2.24, 2.45) is 0 Å². The molecule has 0 saturated heterocycles. The van der Waals surface area contributed by atoms with Crippen molar-refractivity contribution in [1.82, 2.24) is 14.8 Å². The summed E-state index contributed by atoms with van der Waals surface area (Å²) in [6, 6.07) is 9.77. The van der Waals surface area contributed by atoms with Gasteiger partial charge in [-0.25, -0.2) is 4.79 Å².